The predicted molar refractivity (Wildman–Crippen MR) is 127 cm³/mol. The van der Waals surface area contributed by atoms with E-state index >= 15 is 0 Å². The molecule has 0 heterocycles. The second-order valence-electron chi connectivity index (χ2n) is 14.4. The number of hydrogen-bond donors (Lipinski definition) is 3. The molecule has 0 aromatic heterocycles. The average molecular weight is 463 g/mol. The number of fused-ring (bicyclic) bond motifs is 10. The van der Waals surface area contributed by atoms with Crippen molar-refractivity contribution in [3.63, 3.8) is 0 Å². The van der Waals surface area contributed by atoms with E-state index in [1.165, 1.54) is 6.42 Å². The molecule has 32 heavy (non-hydrogen) atoms. The molecule has 6 fully saturated rings. The molecule has 4 nitrogen and oxygen atoms in total. The summed E-state index contributed by atoms with van der Waals surface area (Å²) in [5.74, 6) is 4.02. The van der Waals surface area contributed by atoms with Gasteiger partial charge in [0.25, 0.3) is 0 Å². The van der Waals surface area contributed by atoms with Gasteiger partial charge in [-0.2, -0.15) is 0 Å². The van der Waals surface area contributed by atoms with Crippen molar-refractivity contribution < 1.29 is 19.7 Å². The van der Waals surface area contributed by atoms with E-state index in [-0.39, 0.29) is 16.9 Å². The van der Waals surface area contributed by atoms with E-state index in [2.05, 4.69) is 33.5 Å². The fourth-order valence-electron chi connectivity index (χ4n) is 10.5. The molecule has 6 saturated carbocycles. The molecule has 5 heteroatoms. The maximum Gasteiger partial charge on any atom is 0.183 e. The van der Waals surface area contributed by atoms with Crippen LogP contribution in [0.1, 0.15) is 71.6 Å². The van der Waals surface area contributed by atoms with Crippen LogP contribution in [-0.4, -0.2) is 47.5 Å². The lowest BCUT2D eigenvalue weighted by molar-refractivity contribution is -0.237. The maximum atomic E-state index is 12.2. The molecule has 0 saturated heterocycles. The molecule has 12 atom stereocenters. The number of aliphatic hydroxyl groups excluding tert-OH is 1. The first kappa shape index (κ1) is 22.5. The Morgan fingerprint density at radius 1 is 0.906 bits per heavy atom. The summed E-state index contributed by atoms with van der Waals surface area (Å²) in [6.07, 6.45) is 8.53. The molecule has 0 radical (unpaired) electrons. The van der Waals surface area contributed by atoms with Gasteiger partial charge >= 0.3 is 0 Å². The number of rotatable bonds is 5. The Morgan fingerprint density at radius 3 is 2.31 bits per heavy atom. The van der Waals surface area contributed by atoms with Crippen LogP contribution in [0.5, 0.6) is 0 Å². The molecule has 6 aliphatic carbocycles. The van der Waals surface area contributed by atoms with E-state index in [0.717, 1.165) is 51.6 Å². The monoisotopic (exact) mass is 462 g/mol. The van der Waals surface area contributed by atoms with Crippen LogP contribution in [0.2, 0.25) is 19.6 Å². The molecule has 5 unspecified atom stereocenters. The molecule has 3 N–H and O–H groups in total. The zero-order valence-electron chi connectivity index (χ0n) is 20.9. The van der Waals surface area contributed by atoms with Crippen LogP contribution in [0.4, 0.5) is 0 Å². The first-order valence-corrected chi connectivity index (χ1v) is 17.0. The van der Waals surface area contributed by atoms with E-state index in [4.69, 9.17) is 4.43 Å². The highest BCUT2D eigenvalue weighted by molar-refractivity contribution is 6.69. The first-order valence-electron chi connectivity index (χ1n) is 13.6. The summed E-state index contributed by atoms with van der Waals surface area (Å²) in [7, 11) is -1.51. The lowest BCUT2D eigenvalue weighted by atomic mass is 9.42. The van der Waals surface area contributed by atoms with E-state index in [1.54, 1.807) is 0 Å². The first-order chi connectivity index (χ1) is 14.9. The van der Waals surface area contributed by atoms with Gasteiger partial charge in [0.1, 0.15) is 0 Å². The van der Waals surface area contributed by atoms with Gasteiger partial charge in [-0.3, -0.25) is 0 Å². The van der Waals surface area contributed by atoms with Crippen molar-refractivity contribution in [2.75, 3.05) is 6.61 Å². The number of hydrogen-bond acceptors (Lipinski definition) is 4. The van der Waals surface area contributed by atoms with E-state index in [1.807, 2.05) is 0 Å². The summed E-state index contributed by atoms with van der Waals surface area (Å²) < 4.78 is 6.13. The van der Waals surface area contributed by atoms with Gasteiger partial charge in [-0.05, 0) is 123 Å². The van der Waals surface area contributed by atoms with Gasteiger partial charge in [0.2, 0.25) is 0 Å². The van der Waals surface area contributed by atoms with Crippen molar-refractivity contribution in [2.24, 2.45) is 52.3 Å². The van der Waals surface area contributed by atoms with E-state index in [9.17, 15) is 15.3 Å². The highest BCUT2D eigenvalue weighted by atomic mass is 28.4. The normalized spacial score (nSPS) is 60.0. The maximum absolute atomic E-state index is 12.2. The minimum atomic E-state index is -1.51. The van der Waals surface area contributed by atoms with Crippen molar-refractivity contribution in [3.8, 4) is 0 Å². The van der Waals surface area contributed by atoms with Gasteiger partial charge in [0, 0.05) is 13.0 Å². The van der Waals surface area contributed by atoms with Crippen molar-refractivity contribution in [3.05, 3.63) is 0 Å². The van der Waals surface area contributed by atoms with Crippen LogP contribution in [0, 0.1) is 52.3 Å². The predicted octanol–water partition coefficient (Wildman–Crippen LogP) is 4.58. The van der Waals surface area contributed by atoms with Crippen LogP contribution in [0.25, 0.3) is 0 Å². The minimum absolute atomic E-state index is 0.0219. The molecule has 0 bridgehead atoms. The minimum Gasteiger partial charge on any atom is -0.418 e. The highest BCUT2D eigenvalue weighted by Gasteiger charge is 2.81. The molecule has 0 aromatic rings. The zero-order chi connectivity index (χ0) is 22.9. The number of aliphatic hydroxyl groups is 3. The summed E-state index contributed by atoms with van der Waals surface area (Å²) >= 11 is 0. The van der Waals surface area contributed by atoms with Crippen LogP contribution < -0.4 is 0 Å². The molecular weight excluding hydrogens is 416 g/mol. The molecule has 182 valence electrons. The Bertz CT molecular complexity index is 797. The van der Waals surface area contributed by atoms with Gasteiger partial charge in [-0.25, -0.2) is 0 Å². The smallest absolute Gasteiger partial charge is 0.183 e. The largest absolute Gasteiger partial charge is 0.418 e. The molecular formula is C27H46O4Si. The summed E-state index contributed by atoms with van der Waals surface area (Å²) in [5.41, 5.74) is -1.24. The Balaban J connectivity index is 1.27. The Kier molecular flexibility index (Phi) is 4.66. The third-order valence-corrected chi connectivity index (χ3v) is 13.1. The van der Waals surface area contributed by atoms with Gasteiger partial charge in [-0.1, -0.05) is 13.8 Å². The Morgan fingerprint density at radius 2 is 1.59 bits per heavy atom. The molecule has 6 rings (SSSR count). The highest BCUT2D eigenvalue weighted by Crippen LogP contribution is 2.82. The third kappa shape index (κ3) is 2.75. The zero-order valence-corrected chi connectivity index (χ0v) is 21.9. The molecule has 0 amide bonds. The summed E-state index contributed by atoms with van der Waals surface area (Å²) in [6.45, 7) is 12.3. The standard InChI is InChI=1S/C27H46O4Si/c1-24-10-7-16(28)15-27(24,30)20-13-17(20)22-19(24)8-11-25(2)23(22)18-14-21(18)26(25,29)9-6-12-31-32(3,4)5/h16-23,28-30H,6-15H2,1-5H3/t16?,17-,18+,19?,20+,21-,22?,23?,24+,25-,26-,27?/m0/s1. The van der Waals surface area contributed by atoms with Crippen molar-refractivity contribution in [2.45, 2.75) is 109 Å². The molecule has 0 spiro atoms. The Hall–Kier alpha value is 0.0569. The van der Waals surface area contributed by atoms with E-state index < -0.39 is 19.5 Å². The van der Waals surface area contributed by atoms with E-state index in [0.29, 0.717) is 47.8 Å². The van der Waals surface area contributed by atoms with Crippen LogP contribution >= 0.6 is 0 Å². The second kappa shape index (κ2) is 6.63. The average Bonchev–Trinajstić information content (AvgIpc) is 3.59. The van der Waals surface area contributed by atoms with Gasteiger partial charge < -0.3 is 19.7 Å². The lowest BCUT2D eigenvalue weighted by Gasteiger charge is -2.64. The molecule has 6 aliphatic rings. The summed E-state index contributed by atoms with van der Waals surface area (Å²) in [5, 5.41) is 34.6. The fourth-order valence-corrected chi connectivity index (χ4v) is 11.2. The van der Waals surface area contributed by atoms with Crippen molar-refractivity contribution >= 4 is 8.32 Å². The van der Waals surface area contributed by atoms with Crippen LogP contribution in [-0.2, 0) is 4.43 Å². The summed E-state index contributed by atoms with van der Waals surface area (Å²) in [6, 6.07) is 0. The van der Waals surface area contributed by atoms with Crippen molar-refractivity contribution in [1.29, 1.82) is 0 Å². The SMILES string of the molecule is C[C@]12CCC3C(C1[C@@H]1C[C@@H]1[C@@]2(O)CCCO[Si](C)(C)C)[C@H]1C[C@H]1C1(O)CC(O)CC[C@]31C. The van der Waals surface area contributed by atoms with Gasteiger partial charge in [0.15, 0.2) is 8.32 Å². The van der Waals surface area contributed by atoms with Gasteiger partial charge in [-0.15, -0.1) is 0 Å². The fraction of sp³-hybridized carbons (Fsp3) is 1.00. The molecule has 0 aliphatic heterocycles. The third-order valence-electron chi connectivity index (χ3n) is 12.0. The summed E-state index contributed by atoms with van der Waals surface area (Å²) in [4.78, 5) is 0. The lowest BCUT2D eigenvalue weighted by Crippen LogP contribution is -2.65. The van der Waals surface area contributed by atoms with Crippen LogP contribution in [0.3, 0.4) is 0 Å². The van der Waals surface area contributed by atoms with Crippen molar-refractivity contribution in [1.82, 2.24) is 0 Å². The van der Waals surface area contributed by atoms with Gasteiger partial charge in [0.05, 0.1) is 17.3 Å². The molecule has 0 aromatic carbocycles. The quantitative estimate of drug-likeness (QED) is 0.413. The Labute approximate surface area is 195 Å². The topological polar surface area (TPSA) is 69.9 Å². The van der Waals surface area contributed by atoms with Crippen LogP contribution in [0.15, 0.2) is 0 Å². The second-order valence-corrected chi connectivity index (χ2v) is 18.9.